The molecular formula is C23H15BrN2O6. The molecule has 0 aliphatic carbocycles. The van der Waals surface area contributed by atoms with Crippen molar-refractivity contribution in [3.05, 3.63) is 81.5 Å². The van der Waals surface area contributed by atoms with Crippen molar-refractivity contribution < 1.29 is 28.7 Å². The van der Waals surface area contributed by atoms with Crippen molar-refractivity contribution >= 4 is 51.5 Å². The van der Waals surface area contributed by atoms with E-state index in [-0.39, 0.29) is 16.9 Å². The summed E-state index contributed by atoms with van der Waals surface area (Å²) in [6.45, 7) is 1.67. The number of benzene rings is 2. The molecule has 1 aliphatic heterocycles. The predicted molar refractivity (Wildman–Crippen MR) is 119 cm³/mol. The van der Waals surface area contributed by atoms with Gasteiger partial charge in [-0.2, -0.15) is 0 Å². The van der Waals surface area contributed by atoms with E-state index in [1.165, 1.54) is 12.1 Å². The molecule has 2 heterocycles. The molecule has 0 unspecified atom stereocenters. The number of carbonyl (C=O) groups excluding carboxylic acids is 3. The summed E-state index contributed by atoms with van der Waals surface area (Å²) < 4.78 is 6.52. The van der Waals surface area contributed by atoms with Crippen molar-refractivity contribution in [3.63, 3.8) is 0 Å². The molecule has 2 aromatic carbocycles. The molecule has 0 radical (unpaired) electrons. The van der Waals surface area contributed by atoms with Gasteiger partial charge in [0.05, 0.1) is 11.3 Å². The van der Waals surface area contributed by atoms with Gasteiger partial charge in [0.2, 0.25) is 0 Å². The fourth-order valence-electron chi connectivity index (χ4n) is 3.33. The average Bonchev–Trinajstić information content (AvgIpc) is 3.21. The summed E-state index contributed by atoms with van der Waals surface area (Å²) in [6, 6.07) is 13.6. The van der Waals surface area contributed by atoms with E-state index in [1.54, 1.807) is 55.5 Å². The molecule has 4 rings (SSSR count). The smallest absolute Gasteiger partial charge is 0.335 e. The highest BCUT2D eigenvalue weighted by Gasteiger charge is 2.37. The second-order valence-corrected chi connectivity index (χ2v) is 7.84. The van der Waals surface area contributed by atoms with E-state index in [0.717, 1.165) is 9.37 Å². The molecule has 0 atom stereocenters. The van der Waals surface area contributed by atoms with Gasteiger partial charge in [-0.25, -0.2) is 14.5 Å². The van der Waals surface area contributed by atoms with Gasteiger partial charge in [0.1, 0.15) is 17.1 Å². The topological polar surface area (TPSA) is 117 Å². The van der Waals surface area contributed by atoms with Crippen LogP contribution in [0.2, 0.25) is 0 Å². The number of hydrogen-bond donors (Lipinski definition) is 2. The molecule has 2 N–H and O–H groups in total. The SMILES string of the molecule is Cc1c(C(=O)O)cccc1-c1ccc(/C=C2/C(=O)NC(=O)N(c3ccc(Br)cc3)C2=O)o1. The summed E-state index contributed by atoms with van der Waals surface area (Å²) in [5, 5.41) is 11.5. The Balaban J connectivity index is 1.69. The van der Waals surface area contributed by atoms with E-state index >= 15 is 0 Å². The fourth-order valence-corrected chi connectivity index (χ4v) is 3.60. The molecular weight excluding hydrogens is 480 g/mol. The summed E-state index contributed by atoms with van der Waals surface area (Å²) >= 11 is 3.29. The number of furan rings is 1. The number of imide groups is 2. The van der Waals surface area contributed by atoms with Crippen LogP contribution in [0.5, 0.6) is 0 Å². The second-order valence-electron chi connectivity index (χ2n) is 6.92. The molecule has 160 valence electrons. The number of urea groups is 1. The third kappa shape index (κ3) is 3.85. The third-order valence-corrected chi connectivity index (χ3v) is 5.46. The van der Waals surface area contributed by atoms with Crippen LogP contribution in [0, 0.1) is 6.92 Å². The Hall–Kier alpha value is -3.98. The van der Waals surface area contributed by atoms with E-state index in [1.807, 2.05) is 0 Å². The average molecular weight is 495 g/mol. The molecule has 3 aromatic rings. The van der Waals surface area contributed by atoms with Crippen molar-refractivity contribution in [2.75, 3.05) is 4.90 Å². The molecule has 32 heavy (non-hydrogen) atoms. The van der Waals surface area contributed by atoms with Crippen molar-refractivity contribution in [2.45, 2.75) is 6.92 Å². The molecule has 0 bridgehead atoms. The predicted octanol–water partition coefficient (Wildman–Crippen LogP) is 4.38. The van der Waals surface area contributed by atoms with Crippen LogP contribution in [0.1, 0.15) is 21.7 Å². The van der Waals surface area contributed by atoms with Crippen molar-refractivity contribution in [1.29, 1.82) is 0 Å². The lowest BCUT2D eigenvalue weighted by atomic mass is 10.0. The van der Waals surface area contributed by atoms with Gasteiger partial charge >= 0.3 is 12.0 Å². The number of hydrogen-bond acceptors (Lipinski definition) is 5. The number of anilines is 1. The van der Waals surface area contributed by atoms with Crippen LogP contribution in [0.25, 0.3) is 17.4 Å². The zero-order chi connectivity index (χ0) is 23.0. The highest BCUT2D eigenvalue weighted by atomic mass is 79.9. The van der Waals surface area contributed by atoms with Gasteiger partial charge in [-0.15, -0.1) is 0 Å². The van der Waals surface area contributed by atoms with Crippen LogP contribution >= 0.6 is 15.9 Å². The Bertz CT molecular complexity index is 1310. The lowest BCUT2D eigenvalue weighted by molar-refractivity contribution is -0.122. The summed E-state index contributed by atoms with van der Waals surface area (Å²) in [5.41, 5.74) is 1.26. The van der Waals surface area contributed by atoms with Gasteiger partial charge in [-0.3, -0.25) is 14.9 Å². The molecule has 9 heteroatoms. The first-order chi connectivity index (χ1) is 15.3. The minimum absolute atomic E-state index is 0.143. The van der Waals surface area contributed by atoms with Gasteiger partial charge in [0, 0.05) is 10.0 Å². The van der Waals surface area contributed by atoms with Gasteiger partial charge in [-0.1, -0.05) is 28.1 Å². The van der Waals surface area contributed by atoms with Crippen LogP contribution in [0.15, 0.2) is 69.1 Å². The molecule has 0 spiro atoms. The van der Waals surface area contributed by atoms with Crippen LogP contribution in [0.4, 0.5) is 10.5 Å². The largest absolute Gasteiger partial charge is 0.478 e. The molecule has 1 fully saturated rings. The first-order valence-electron chi connectivity index (χ1n) is 9.36. The van der Waals surface area contributed by atoms with E-state index < -0.39 is 23.8 Å². The Morgan fingerprint density at radius 2 is 1.78 bits per heavy atom. The number of carboxylic acid groups (broad SMARTS) is 1. The minimum atomic E-state index is -1.06. The lowest BCUT2D eigenvalue weighted by Gasteiger charge is -2.26. The highest BCUT2D eigenvalue weighted by Crippen LogP contribution is 2.29. The summed E-state index contributed by atoms with van der Waals surface area (Å²) in [4.78, 5) is 49.8. The number of nitrogens with zero attached hydrogens (tertiary/aromatic N) is 1. The van der Waals surface area contributed by atoms with Gasteiger partial charge < -0.3 is 9.52 Å². The quantitative estimate of drug-likeness (QED) is 0.410. The van der Waals surface area contributed by atoms with Gasteiger partial charge in [-0.05, 0) is 61.0 Å². The van der Waals surface area contributed by atoms with Crippen LogP contribution in [-0.2, 0) is 9.59 Å². The number of amides is 4. The standard InChI is InChI=1S/C23H15BrN2O6/c1-12-16(3-2-4-17(12)22(29)30)19-10-9-15(32-19)11-18-20(27)25-23(31)26(21(18)28)14-7-5-13(24)6-8-14/h2-11H,1H3,(H,29,30)(H,25,27,31)/b18-11-. The minimum Gasteiger partial charge on any atom is -0.478 e. The van der Waals surface area contributed by atoms with Crippen LogP contribution in [-0.4, -0.2) is 28.9 Å². The second kappa shape index (κ2) is 8.27. The van der Waals surface area contributed by atoms with Crippen LogP contribution < -0.4 is 10.2 Å². The van der Waals surface area contributed by atoms with Crippen molar-refractivity contribution in [1.82, 2.24) is 5.32 Å². The number of rotatable bonds is 4. The normalized spacial score (nSPS) is 15.2. The van der Waals surface area contributed by atoms with Crippen molar-refractivity contribution in [3.8, 4) is 11.3 Å². The first kappa shape index (κ1) is 21.3. The maximum Gasteiger partial charge on any atom is 0.335 e. The lowest BCUT2D eigenvalue weighted by Crippen LogP contribution is -2.54. The fraction of sp³-hybridized carbons (Fsp3) is 0.0435. The molecule has 1 aliphatic rings. The van der Waals surface area contributed by atoms with Crippen LogP contribution in [0.3, 0.4) is 0 Å². The van der Waals surface area contributed by atoms with E-state index in [9.17, 15) is 24.3 Å². The summed E-state index contributed by atoms with van der Waals surface area (Å²) in [5.74, 6) is -2.11. The molecule has 8 nitrogen and oxygen atoms in total. The number of halogens is 1. The highest BCUT2D eigenvalue weighted by molar-refractivity contribution is 9.10. The Morgan fingerprint density at radius 3 is 2.47 bits per heavy atom. The van der Waals surface area contributed by atoms with E-state index in [2.05, 4.69) is 21.2 Å². The molecule has 4 amide bonds. The molecule has 1 saturated heterocycles. The number of nitrogens with one attached hydrogen (secondary N) is 1. The maximum atomic E-state index is 12.9. The van der Waals surface area contributed by atoms with Crippen molar-refractivity contribution in [2.24, 2.45) is 0 Å². The van der Waals surface area contributed by atoms with E-state index in [4.69, 9.17) is 4.42 Å². The number of barbiturate groups is 1. The number of carbonyl (C=O) groups is 4. The van der Waals surface area contributed by atoms with Gasteiger partial charge in [0.25, 0.3) is 11.8 Å². The molecule has 0 saturated carbocycles. The Labute approximate surface area is 190 Å². The monoisotopic (exact) mass is 494 g/mol. The maximum absolute atomic E-state index is 12.9. The number of carboxylic acids is 1. The Morgan fingerprint density at radius 1 is 1.06 bits per heavy atom. The zero-order valence-corrected chi connectivity index (χ0v) is 18.2. The third-order valence-electron chi connectivity index (χ3n) is 4.93. The van der Waals surface area contributed by atoms with Gasteiger partial charge in [0.15, 0.2) is 0 Å². The zero-order valence-electron chi connectivity index (χ0n) is 16.6. The summed E-state index contributed by atoms with van der Waals surface area (Å²) in [6.07, 6.45) is 1.25. The number of aromatic carboxylic acids is 1. The van der Waals surface area contributed by atoms with E-state index in [0.29, 0.717) is 22.6 Å². The first-order valence-corrected chi connectivity index (χ1v) is 10.2. The molecule has 1 aromatic heterocycles. The Kier molecular flexibility index (Phi) is 5.50. The summed E-state index contributed by atoms with van der Waals surface area (Å²) in [7, 11) is 0.